The number of halogens is 3. The van der Waals surface area contributed by atoms with Gasteiger partial charge in [-0.25, -0.2) is 4.39 Å². The Balaban J connectivity index is 2.03. The van der Waals surface area contributed by atoms with Gasteiger partial charge in [-0.2, -0.15) is 0 Å². The Morgan fingerprint density at radius 3 is 2.47 bits per heavy atom. The van der Waals surface area contributed by atoms with E-state index in [1.54, 1.807) is 12.1 Å². The lowest BCUT2D eigenvalue weighted by Crippen LogP contribution is -2.15. The molecule has 0 aliphatic carbocycles. The minimum absolute atomic E-state index is 0.0963. The second kappa shape index (κ2) is 6.68. The maximum Gasteiger partial charge on any atom is 0.145 e. The predicted molar refractivity (Wildman–Crippen MR) is 84.0 cm³/mol. The molecule has 0 radical (unpaired) electrons. The lowest BCUT2D eigenvalue weighted by Gasteiger charge is -2.12. The Hall–Kier alpha value is -0.650. The van der Waals surface area contributed by atoms with Crippen LogP contribution in [0.15, 0.2) is 42.5 Å². The predicted octanol–water partition coefficient (Wildman–Crippen LogP) is 4.23. The summed E-state index contributed by atoms with van der Waals surface area (Å²) in [6, 6.07) is 12.8. The van der Waals surface area contributed by atoms with E-state index in [1.807, 2.05) is 24.3 Å². The first-order valence-electron chi connectivity index (χ1n) is 5.91. The molecule has 0 saturated carbocycles. The van der Waals surface area contributed by atoms with Gasteiger partial charge in [-0.05, 0) is 58.3 Å². The van der Waals surface area contributed by atoms with E-state index in [0.29, 0.717) is 12.0 Å². The van der Waals surface area contributed by atoms with Crippen molar-refractivity contribution in [2.24, 2.45) is 0 Å². The highest BCUT2D eigenvalue weighted by Gasteiger charge is 2.12. The highest BCUT2D eigenvalue weighted by Crippen LogP contribution is 2.20. The van der Waals surface area contributed by atoms with Crippen molar-refractivity contribution in [1.82, 2.24) is 0 Å². The monoisotopic (exact) mass is 390 g/mol. The van der Waals surface area contributed by atoms with E-state index < -0.39 is 11.9 Å². The molecule has 0 amide bonds. The highest BCUT2D eigenvalue weighted by molar-refractivity contribution is 14.1. The van der Waals surface area contributed by atoms with Gasteiger partial charge in [0.15, 0.2) is 0 Å². The van der Waals surface area contributed by atoms with Gasteiger partial charge in [-0.3, -0.25) is 0 Å². The van der Waals surface area contributed by atoms with E-state index in [9.17, 15) is 9.50 Å². The van der Waals surface area contributed by atoms with Gasteiger partial charge >= 0.3 is 0 Å². The fourth-order valence-electron chi connectivity index (χ4n) is 1.92. The van der Waals surface area contributed by atoms with Crippen molar-refractivity contribution in [3.05, 3.63) is 68.0 Å². The molecule has 1 unspecified atom stereocenters. The van der Waals surface area contributed by atoms with E-state index in [1.165, 1.54) is 6.07 Å². The minimum atomic E-state index is -0.618. The fourth-order valence-corrected chi connectivity index (χ4v) is 2.48. The van der Waals surface area contributed by atoms with Gasteiger partial charge < -0.3 is 5.11 Å². The number of aliphatic hydroxyl groups is 1. The second-order valence-electron chi connectivity index (χ2n) is 4.40. The molecule has 0 aliphatic rings. The molecule has 1 atom stereocenters. The molecule has 2 rings (SSSR count). The van der Waals surface area contributed by atoms with Crippen LogP contribution in [-0.4, -0.2) is 11.2 Å². The number of aliphatic hydroxyl groups excluding tert-OH is 1. The molecular formula is C15H13ClFIO. The van der Waals surface area contributed by atoms with Crippen LogP contribution in [0.2, 0.25) is 5.02 Å². The number of rotatable bonds is 4. The highest BCUT2D eigenvalue weighted by atomic mass is 127. The Bertz CT molecular complexity index is 557. The molecule has 2 aromatic carbocycles. The van der Waals surface area contributed by atoms with Crippen LogP contribution < -0.4 is 0 Å². The standard InChI is InChI=1S/C15H13ClFIO/c16-14-3-1-2-11(15(14)17)9-13(19)8-10-4-6-12(18)7-5-10/h1-7,13,19H,8-9H2. The van der Waals surface area contributed by atoms with E-state index >= 15 is 0 Å². The first kappa shape index (κ1) is 14.8. The minimum Gasteiger partial charge on any atom is -0.392 e. The summed E-state index contributed by atoms with van der Waals surface area (Å²) in [5, 5.41) is 10.1. The average molecular weight is 391 g/mol. The zero-order chi connectivity index (χ0) is 13.8. The molecule has 19 heavy (non-hydrogen) atoms. The van der Waals surface area contributed by atoms with Crippen LogP contribution >= 0.6 is 34.2 Å². The maximum absolute atomic E-state index is 13.7. The summed E-state index contributed by atoms with van der Waals surface area (Å²) in [5.41, 5.74) is 1.49. The Labute approximate surface area is 130 Å². The normalized spacial score (nSPS) is 12.4. The summed E-state index contributed by atoms with van der Waals surface area (Å²) in [7, 11) is 0. The van der Waals surface area contributed by atoms with Crippen LogP contribution in [0.1, 0.15) is 11.1 Å². The number of benzene rings is 2. The third-order valence-electron chi connectivity index (χ3n) is 2.87. The zero-order valence-electron chi connectivity index (χ0n) is 10.1. The Morgan fingerprint density at radius 1 is 1.11 bits per heavy atom. The number of hydrogen-bond donors (Lipinski definition) is 1. The van der Waals surface area contributed by atoms with Crippen molar-refractivity contribution >= 4 is 34.2 Å². The van der Waals surface area contributed by atoms with Gasteiger partial charge in [-0.1, -0.05) is 35.9 Å². The van der Waals surface area contributed by atoms with Crippen molar-refractivity contribution in [3.63, 3.8) is 0 Å². The lowest BCUT2D eigenvalue weighted by atomic mass is 10.0. The van der Waals surface area contributed by atoms with Gasteiger partial charge in [-0.15, -0.1) is 0 Å². The van der Waals surface area contributed by atoms with Crippen molar-refractivity contribution in [2.75, 3.05) is 0 Å². The van der Waals surface area contributed by atoms with Gasteiger partial charge in [0.25, 0.3) is 0 Å². The maximum atomic E-state index is 13.7. The Morgan fingerprint density at radius 2 is 1.79 bits per heavy atom. The van der Waals surface area contributed by atoms with Crippen LogP contribution in [0.3, 0.4) is 0 Å². The summed E-state index contributed by atoms with van der Waals surface area (Å²) in [6.45, 7) is 0. The van der Waals surface area contributed by atoms with Crippen molar-refractivity contribution in [2.45, 2.75) is 18.9 Å². The third kappa shape index (κ3) is 4.16. The SMILES string of the molecule is OC(Cc1ccc(I)cc1)Cc1cccc(Cl)c1F. The fraction of sp³-hybridized carbons (Fsp3) is 0.200. The molecule has 1 nitrogen and oxygen atoms in total. The van der Waals surface area contributed by atoms with Gasteiger partial charge in [0, 0.05) is 9.99 Å². The van der Waals surface area contributed by atoms with Crippen molar-refractivity contribution < 1.29 is 9.50 Å². The van der Waals surface area contributed by atoms with Gasteiger partial charge in [0.1, 0.15) is 5.82 Å². The van der Waals surface area contributed by atoms with E-state index in [-0.39, 0.29) is 11.4 Å². The first-order chi connectivity index (χ1) is 9.06. The van der Waals surface area contributed by atoms with Crippen molar-refractivity contribution in [1.29, 1.82) is 0 Å². The second-order valence-corrected chi connectivity index (χ2v) is 6.05. The quantitative estimate of drug-likeness (QED) is 0.775. The third-order valence-corrected chi connectivity index (χ3v) is 3.88. The summed E-state index contributed by atoms with van der Waals surface area (Å²) in [4.78, 5) is 0. The molecule has 0 aliphatic heterocycles. The molecule has 4 heteroatoms. The first-order valence-corrected chi connectivity index (χ1v) is 7.37. The van der Waals surface area contributed by atoms with Crippen LogP contribution in [0.25, 0.3) is 0 Å². The van der Waals surface area contributed by atoms with E-state index in [4.69, 9.17) is 11.6 Å². The molecule has 0 saturated heterocycles. The van der Waals surface area contributed by atoms with Crippen LogP contribution in [0, 0.1) is 9.39 Å². The molecule has 100 valence electrons. The largest absolute Gasteiger partial charge is 0.392 e. The molecule has 0 bridgehead atoms. The van der Waals surface area contributed by atoms with Crippen LogP contribution in [-0.2, 0) is 12.8 Å². The summed E-state index contributed by atoms with van der Waals surface area (Å²) in [6.07, 6.45) is 0.148. The summed E-state index contributed by atoms with van der Waals surface area (Å²) >= 11 is 7.95. The average Bonchev–Trinajstić information content (AvgIpc) is 2.38. The molecule has 0 heterocycles. The molecule has 0 aromatic heterocycles. The molecule has 2 aromatic rings. The van der Waals surface area contributed by atoms with E-state index in [2.05, 4.69) is 22.6 Å². The lowest BCUT2D eigenvalue weighted by molar-refractivity contribution is 0.174. The molecule has 1 N–H and O–H groups in total. The molecule has 0 spiro atoms. The van der Waals surface area contributed by atoms with E-state index in [0.717, 1.165) is 9.13 Å². The number of hydrogen-bond acceptors (Lipinski definition) is 1. The summed E-state index contributed by atoms with van der Waals surface area (Å²) < 4.78 is 14.9. The zero-order valence-corrected chi connectivity index (χ0v) is 13.0. The van der Waals surface area contributed by atoms with Crippen molar-refractivity contribution in [3.8, 4) is 0 Å². The van der Waals surface area contributed by atoms with Crippen LogP contribution in [0.4, 0.5) is 4.39 Å². The smallest absolute Gasteiger partial charge is 0.145 e. The summed E-state index contributed by atoms with van der Waals surface area (Å²) in [5.74, 6) is -0.439. The van der Waals surface area contributed by atoms with Gasteiger partial charge in [0.05, 0.1) is 11.1 Å². The molecular weight excluding hydrogens is 378 g/mol. The molecule has 0 fully saturated rings. The topological polar surface area (TPSA) is 20.2 Å². The van der Waals surface area contributed by atoms with Gasteiger partial charge in [0.2, 0.25) is 0 Å². The van der Waals surface area contributed by atoms with Crippen LogP contribution in [0.5, 0.6) is 0 Å². The Kier molecular flexibility index (Phi) is 5.19.